The number of ether oxygens (including phenoxy) is 1. The van der Waals surface area contributed by atoms with Gasteiger partial charge in [0.2, 0.25) is 11.9 Å². The molecule has 8 heteroatoms. The molecule has 0 atom stereocenters. The predicted octanol–water partition coefficient (Wildman–Crippen LogP) is 1.97. The summed E-state index contributed by atoms with van der Waals surface area (Å²) in [5.74, 6) is 1.27. The van der Waals surface area contributed by atoms with Crippen molar-refractivity contribution in [1.82, 2.24) is 15.0 Å². The van der Waals surface area contributed by atoms with Crippen LogP contribution in [0.5, 0.6) is 0 Å². The van der Waals surface area contributed by atoms with Crippen LogP contribution in [0.2, 0.25) is 0 Å². The summed E-state index contributed by atoms with van der Waals surface area (Å²) in [5, 5.41) is 0. The molecule has 2 aromatic heterocycles. The quantitative estimate of drug-likeness (QED) is 0.652. The minimum Gasteiger partial charge on any atom is -0.461 e. The van der Waals surface area contributed by atoms with Gasteiger partial charge in [0.1, 0.15) is 11.5 Å². The number of benzene rings is 1. The van der Waals surface area contributed by atoms with E-state index in [1.54, 1.807) is 0 Å². The molecule has 25 heavy (non-hydrogen) atoms. The smallest absolute Gasteiger partial charge is 0.306 e. The van der Waals surface area contributed by atoms with E-state index in [2.05, 4.69) is 15.0 Å². The van der Waals surface area contributed by atoms with Gasteiger partial charge in [-0.1, -0.05) is 30.3 Å². The second-order valence-corrected chi connectivity index (χ2v) is 5.26. The lowest BCUT2D eigenvalue weighted by Gasteiger charge is -2.04. The highest BCUT2D eigenvalue weighted by molar-refractivity contribution is 5.69. The van der Waals surface area contributed by atoms with E-state index in [1.165, 1.54) is 0 Å². The summed E-state index contributed by atoms with van der Waals surface area (Å²) in [6.07, 6.45) is 0.616. The molecule has 3 rings (SSSR count). The Hall–Kier alpha value is -3.42. The highest BCUT2D eigenvalue weighted by Crippen LogP contribution is 2.22. The molecule has 0 bridgehead atoms. The molecule has 8 nitrogen and oxygen atoms in total. The molecule has 0 saturated heterocycles. The van der Waals surface area contributed by atoms with Gasteiger partial charge in [-0.15, -0.1) is 0 Å². The molecule has 3 aromatic rings. The van der Waals surface area contributed by atoms with Crippen molar-refractivity contribution in [1.29, 1.82) is 0 Å². The van der Waals surface area contributed by atoms with Crippen LogP contribution in [0.25, 0.3) is 11.3 Å². The molecular weight excluding hydrogens is 322 g/mol. The molecule has 0 amide bonds. The fourth-order valence-corrected chi connectivity index (χ4v) is 2.23. The number of nitrogens with two attached hydrogens (primary N) is 2. The van der Waals surface area contributed by atoms with E-state index in [0.717, 1.165) is 11.3 Å². The zero-order valence-corrected chi connectivity index (χ0v) is 13.4. The number of aryl methyl sites for hydroxylation is 1. The first-order valence-electron chi connectivity index (χ1n) is 7.66. The van der Waals surface area contributed by atoms with Gasteiger partial charge in [-0.3, -0.25) is 4.79 Å². The number of nitrogen functional groups attached to an aromatic ring is 2. The van der Waals surface area contributed by atoms with E-state index in [4.69, 9.17) is 20.6 Å². The number of hydrogen-bond donors (Lipinski definition) is 2. The Morgan fingerprint density at radius 1 is 1.00 bits per heavy atom. The van der Waals surface area contributed by atoms with Gasteiger partial charge in [0, 0.05) is 12.0 Å². The van der Waals surface area contributed by atoms with Crippen molar-refractivity contribution in [2.24, 2.45) is 0 Å². The molecule has 0 aliphatic heterocycles. The highest BCUT2D eigenvalue weighted by Gasteiger charge is 2.10. The third kappa shape index (κ3) is 4.54. The molecule has 128 valence electrons. The average Bonchev–Trinajstić information content (AvgIpc) is 3.07. The zero-order valence-electron chi connectivity index (χ0n) is 13.4. The number of carbonyl (C=O) groups excluding carboxylic acids is 1. The maximum atomic E-state index is 11.8. The molecule has 0 radical (unpaired) electrons. The van der Waals surface area contributed by atoms with Crippen LogP contribution in [0.15, 0.2) is 46.9 Å². The van der Waals surface area contributed by atoms with E-state index in [9.17, 15) is 4.79 Å². The van der Waals surface area contributed by atoms with Crippen LogP contribution in [0, 0.1) is 0 Å². The van der Waals surface area contributed by atoms with Crippen LogP contribution in [-0.2, 0) is 22.6 Å². The molecule has 0 aliphatic carbocycles. The van der Waals surface area contributed by atoms with Gasteiger partial charge in [-0.2, -0.15) is 15.0 Å². The summed E-state index contributed by atoms with van der Waals surface area (Å²) >= 11 is 0. The van der Waals surface area contributed by atoms with Gasteiger partial charge in [-0.25, -0.2) is 0 Å². The minimum atomic E-state index is -0.393. The monoisotopic (exact) mass is 339 g/mol. The van der Waals surface area contributed by atoms with Crippen molar-refractivity contribution in [2.75, 3.05) is 11.5 Å². The van der Waals surface area contributed by atoms with Crippen LogP contribution in [0.3, 0.4) is 0 Å². The third-order valence-electron chi connectivity index (χ3n) is 3.37. The summed E-state index contributed by atoms with van der Waals surface area (Å²) in [6, 6.07) is 13.5. The van der Waals surface area contributed by atoms with E-state index in [0.29, 0.717) is 12.2 Å². The SMILES string of the molecule is Nc1nc(N)nc(COC(=O)CCc2ccc(-c3ccccc3)o2)n1. The largest absolute Gasteiger partial charge is 0.461 e. The van der Waals surface area contributed by atoms with Crippen LogP contribution >= 0.6 is 0 Å². The first kappa shape index (κ1) is 16.4. The molecule has 0 saturated carbocycles. The molecule has 2 heterocycles. The number of nitrogens with zero attached hydrogens (tertiary/aromatic N) is 3. The summed E-state index contributed by atoms with van der Waals surface area (Å²) in [6.45, 7) is -0.108. The van der Waals surface area contributed by atoms with E-state index in [1.807, 2.05) is 42.5 Å². The second kappa shape index (κ2) is 7.43. The van der Waals surface area contributed by atoms with Gasteiger partial charge >= 0.3 is 5.97 Å². The summed E-state index contributed by atoms with van der Waals surface area (Å²) in [4.78, 5) is 23.2. The molecule has 0 unspecified atom stereocenters. The number of anilines is 2. The van der Waals surface area contributed by atoms with Crippen LogP contribution in [-0.4, -0.2) is 20.9 Å². The first-order chi connectivity index (χ1) is 12.1. The number of hydrogen-bond acceptors (Lipinski definition) is 8. The van der Waals surface area contributed by atoms with Crippen molar-refractivity contribution in [3.63, 3.8) is 0 Å². The summed E-state index contributed by atoms with van der Waals surface area (Å²) in [5.41, 5.74) is 11.9. The Kier molecular flexibility index (Phi) is 4.89. The second-order valence-electron chi connectivity index (χ2n) is 5.26. The van der Waals surface area contributed by atoms with Gasteiger partial charge in [-0.05, 0) is 12.1 Å². The molecule has 1 aromatic carbocycles. The normalized spacial score (nSPS) is 10.6. The van der Waals surface area contributed by atoms with Crippen molar-refractivity contribution >= 4 is 17.9 Å². The molecule has 4 N–H and O–H groups in total. The van der Waals surface area contributed by atoms with Crippen molar-refractivity contribution in [2.45, 2.75) is 19.4 Å². The first-order valence-corrected chi connectivity index (χ1v) is 7.66. The lowest BCUT2D eigenvalue weighted by atomic mass is 10.2. The van der Waals surface area contributed by atoms with Gasteiger partial charge in [0.15, 0.2) is 12.4 Å². The van der Waals surface area contributed by atoms with E-state index in [-0.39, 0.29) is 30.7 Å². The third-order valence-corrected chi connectivity index (χ3v) is 3.37. The highest BCUT2D eigenvalue weighted by atomic mass is 16.5. The molecule has 0 spiro atoms. The zero-order chi connectivity index (χ0) is 17.6. The van der Waals surface area contributed by atoms with Crippen LogP contribution in [0.4, 0.5) is 11.9 Å². The maximum Gasteiger partial charge on any atom is 0.306 e. The van der Waals surface area contributed by atoms with Crippen LogP contribution in [0.1, 0.15) is 18.0 Å². The summed E-state index contributed by atoms with van der Waals surface area (Å²) in [7, 11) is 0. The topological polar surface area (TPSA) is 130 Å². The van der Waals surface area contributed by atoms with Crippen molar-refractivity contribution in [3.8, 4) is 11.3 Å². The minimum absolute atomic E-state index is 0.0115. The molecule has 0 aliphatic rings. The molecule has 0 fully saturated rings. The standard InChI is InChI=1S/C17H17N5O3/c18-16-20-14(21-17(19)22-16)10-24-15(23)9-7-12-6-8-13(25-12)11-4-2-1-3-5-11/h1-6,8H,7,9-10H2,(H4,18,19,20,21,22). The average molecular weight is 339 g/mol. The number of rotatable bonds is 6. The number of carbonyl (C=O) groups is 1. The Morgan fingerprint density at radius 3 is 2.44 bits per heavy atom. The number of esters is 1. The Labute approximate surface area is 143 Å². The maximum absolute atomic E-state index is 11.8. The summed E-state index contributed by atoms with van der Waals surface area (Å²) < 4.78 is 10.8. The van der Waals surface area contributed by atoms with Gasteiger partial charge < -0.3 is 20.6 Å². The lowest BCUT2D eigenvalue weighted by molar-refractivity contribution is -0.145. The van der Waals surface area contributed by atoms with Crippen molar-refractivity contribution in [3.05, 3.63) is 54.0 Å². The Bertz CT molecular complexity index is 843. The van der Waals surface area contributed by atoms with E-state index >= 15 is 0 Å². The van der Waals surface area contributed by atoms with Gasteiger partial charge in [0.25, 0.3) is 0 Å². The fourth-order valence-electron chi connectivity index (χ4n) is 2.23. The fraction of sp³-hybridized carbons (Fsp3) is 0.176. The van der Waals surface area contributed by atoms with E-state index < -0.39 is 5.97 Å². The van der Waals surface area contributed by atoms with Gasteiger partial charge in [0.05, 0.1) is 6.42 Å². The number of aromatic nitrogens is 3. The van der Waals surface area contributed by atoms with Crippen molar-refractivity contribution < 1.29 is 13.9 Å². The molecular formula is C17H17N5O3. The number of furan rings is 1. The Morgan fingerprint density at radius 2 is 1.72 bits per heavy atom. The lowest BCUT2D eigenvalue weighted by Crippen LogP contribution is -2.11. The van der Waals surface area contributed by atoms with Crippen LogP contribution < -0.4 is 11.5 Å². The predicted molar refractivity (Wildman–Crippen MR) is 90.9 cm³/mol. The Balaban J connectivity index is 1.50.